The number of benzene rings is 3. The first-order chi connectivity index (χ1) is 19.0. The number of nitrogens with zero attached hydrogens (tertiary/aromatic N) is 1. The van der Waals surface area contributed by atoms with E-state index in [2.05, 4.69) is 21.5 Å². The number of terminal acetylenes is 1. The molecule has 0 aliphatic carbocycles. The van der Waals surface area contributed by atoms with Crippen molar-refractivity contribution in [3.8, 4) is 29.2 Å². The minimum atomic E-state index is -0.475. The van der Waals surface area contributed by atoms with Gasteiger partial charge in [-0.3, -0.25) is 14.9 Å². The van der Waals surface area contributed by atoms with Crippen molar-refractivity contribution >= 4 is 29.7 Å². The van der Waals surface area contributed by atoms with Crippen LogP contribution in [0.1, 0.15) is 35.2 Å². The molecule has 0 bridgehead atoms. The molecule has 0 atom stereocenters. The number of nitrogens with one attached hydrogen (secondary N) is 2. The molecule has 1 aliphatic heterocycles. The molecule has 1 fully saturated rings. The van der Waals surface area contributed by atoms with E-state index in [1.54, 1.807) is 6.07 Å². The Labute approximate surface area is 228 Å². The van der Waals surface area contributed by atoms with Crippen LogP contribution in [0.15, 0.2) is 66.7 Å². The van der Waals surface area contributed by atoms with Crippen molar-refractivity contribution < 1.29 is 23.9 Å². The smallest absolute Gasteiger partial charge is 0.411 e. The first-order valence-corrected chi connectivity index (χ1v) is 12.8. The number of anilines is 2. The van der Waals surface area contributed by atoms with Crippen LogP contribution in [-0.2, 0) is 9.53 Å². The minimum absolute atomic E-state index is 0.192. The average Bonchev–Trinajstić information content (AvgIpc) is 2.97. The Balaban J connectivity index is 1.23. The number of carbonyl (C=O) groups excluding carboxylic acids is 3. The quantitative estimate of drug-likeness (QED) is 0.295. The van der Waals surface area contributed by atoms with Crippen molar-refractivity contribution in [2.24, 2.45) is 0 Å². The fourth-order valence-electron chi connectivity index (χ4n) is 4.56. The zero-order valence-corrected chi connectivity index (χ0v) is 21.8. The minimum Gasteiger partial charge on any atom is -0.496 e. The van der Waals surface area contributed by atoms with Crippen LogP contribution in [-0.4, -0.2) is 56.0 Å². The van der Waals surface area contributed by atoms with Crippen LogP contribution < -0.4 is 15.4 Å². The molecule has 4 rings (SSSR count). The predicted octanol–water partition coefficient (Wildman–Crippen LogP) is 5.20. The van der Waals surface area contributed by atoms with E-state index in [1.165, 1.54) is 13.2 Å². The number of methoxy groups -OCH3 is 1. The summed E-state index contributed by atoms with van der Waals surface area (Å²) < 4.78 is 10.9. The standard InChI is InChI=1S/C31H31N3O5/c1-3-22-19-24(21-35)29(38-2)20-28(22)32-30(36)15-18-34-16-13-25(14-17-34)39-31(37)33-27-12-8-7-11-26(27)23-9-5-4-6-10-23/h1,4-12,19-21,25H,13-18H2,2H3,(H,32,36)(H,33,37). The monoisotopic (exact) mass is 525 g/mol. The third-order valence-corrected chi connectivity index (χ3v) is 6.64. The van der Waals surface area contributed by atoms with Gasteiger partial charge in [-0.05, 0) is 30.5 Å². The van der Waals surface area contributed by atoms with E-state index in [9.17, 15) is 14.4 Å². The third kappa shape index (κ3) is 7.24. The van der Waals surface area contributed by atoms with Crippen LogP contribution in [0.4, 0.5) is 16.2 Å². The maximum absolute atomic E-state index is 12.6. The molecular weight excluding hydrogens is 494 g/mol. The Kier molecular flexibility index (Phi) is 9.33. The van der Waals surface area contributed by atoms with Crippen molar-refractivity contribution in [3.63, 3.8) is 0 Å². The maximum atomic E-state index is 12.6. The SMILES string of the molecule is C#Cc1cc(C=O)c(OC)cc1NC(=O)CCN1CCC(OC(=O)Nc2ccccc2-c2ccccc2)CC1. The fraction of sp³-hybridized carbons (Fsp3) is 0.258. The van der Waals surface area contributed by atoms with Crippen molar-refractivity contribution in [3.05, 3.63) is 77.9 Å². The highest BCUT2D eigenvalue weighted by Crippen LogP contribution is 2.28. The van der Waals surface area contributed by atoms with E-state index in [0.29, 0.717) is 67.0 Å². The van der Waals surface area contributed by atoms with Crippen molar-refractivity contribution in [2.75, 3.05) is 37.4 Å². The molecule has 8 heteroatoms. The second kappa shape index (κ2) is 13.3. The summed E-state index contributed by atoms with van der Waals surface area (Å²) in [6.07, 6.45) is 7.17. The summed E-state index contributed by atoms with van der Waals surface area (Å²) in [5.74, 6) is 2.64. The first kappa shape index (κ1) is 27.4. The number of piperidine rings is 1. The van der Waals surface area contributed by atoms with E-state index < -0.39 is 6.09 Å². The number of hydrogen-bond donors (Lipinski definition) is 2. The Morgan fingerprint density at radius 1 is 1.03 bits per heavy atom. The highest BCUT2D eigenvalue weighted by Gasteiger charge is 2.23. The van der Waals surface area contributed by atoms with Gasteiger partial charge < -0.3 is 19.7 Å². The molecule has 8 nitrogen and oxygen atoms in total. The molecule has 3 aromatic rings. The van der Waals surface area contributed by atoms with E-state index in [-0.39, 0.29) is 18.4 Å². The lowest BCUT2D eigenvalue weighted by molar-refractivity contribution is -0.116. The Bertz CT molecular complexity index is 1360. The van der Waals surface area contributed by atoms with Gasteiger partial charge in [0.05, 0.1) is 24.0 Å². The van der Waals surface area contributed by atoms with Crippen LogP contribution >= 0.6 is 0 Å². The van der Waals surface area contributed by atoms with Gasteiger partial charge in [0.2, 0.25) is 5.91 Å². The van der Waals surface area contributed by atoms with Gasteiger partial charge in [0.25, 0.3) is 0 Å². The van der Waals surface area contributed by atoms with Crippen LogP contribution in [0.2, 0.25) is 0 Å². The molecular formula is C31H31N3O5. The number of amides is 2. The molecule has 0 radical (unpaired) electrons. The number of aldehydes is 1. The molecule has 0 spiro atoms. The predicted molar refractivity (Wildman–Crippen MR) is 151 cm³/mol. The summed E-state index contributed by atoms with van der Waals surface area (Å²) in [4.78, 5) is 38.6. The van der Waals surface area contributed by atoms with Gasteiger partial charge in [-0.1, -0.05) is 54.5 Å². The fourth-order valence-corrected chi connectivity index (χ4v) is 4.56. The third-order valence-electron chi connectivity index (χ3n) is 6.64. The number of ether oxygens (including phenoxy) is 2. The molecule has 0 unspecified atom stereocenters. The summed E-state index contributed by atoms with van der Waals surface area (Å²) in [6, 6.07) is 20.6. The summed E-state index contributed by atoms with van der Waals surface area (Å²) in [7, 11) is 1.45. The van der Waals surface area contributed by atoms with E-state index in [1.807, 2.05) is 54.6 Å². The first-order valence-electron chi connectivity index (χ1n) is 12.8. The molecule has 200 valence electrons. The zero-order valence-electron chi connectivity index (χ0n) is 21.8. The summed E-state index contributed by atoms with van der Waals surface area (Å²) >= 11 is 0. The molecule has 2 amide bonds. The average molecular weight is 526 g/mol. The molecule has 1 heterocycles. The lowest BCUT2D eigenvalue weighted by Gasteiger charge is -2.31. The van der Waals surface area contributed by atoms with Gasteiger partial charge in [0, 0.05) is 43.2 Å². The second-order valence-electron chi connectivity index (χ2n) is 9.18. The van der Waals surface area contributed by atoms with Gasteiger partial charge >= 0.3 is 6.09 Å². The number of hydrogen-bond acceptors (Lipinski definition) is 6. The maximum Gasteiger partial charge on any atom is 0.411 e. The van der Waals surface area contributed by atoms with Gasteiger partial charge in [0.1, 0.15) is 11.9 Å². The normalized spacial score (nSPS) is 13.6. The summed E-state index contributed by atoms with van der Waals surface area (Å²) in [5.41, 5.74) is 3.80. The van der Waals surface area contributed by atoms with Crippen LogP contribution in [0, 0.1) is 12.3 Å². The van der Waals surface area contributed by atoms with Crippen LogP contribution in [0.5, 0.6) is 5.75 Å². The van der Waals surface area contributed by atoms with Gasteiger partial charge in [0.15, 0.2) is 6.29 Å². The van der Waals surface area contributed by atoms with Crippen molar-refractivity contribution in [1.82, 2.24) is 4.90 Å². The molecule has 0 saturated carbocycles. The molecule has 0 aromatic heterocycles. The Morgan fingerprint density at radius 2 is 1.74 bits per heavy atom. The topological polar surface area (TPSA) is 97.0 Å². The van der Waals surface area contributed by atoms with Crippen LogP contribution in [0.25, 0.3) is 11.1 Å². The molecule has 3 aromatic carbocycles. The highest BCUT2D eigenvalue weighted by molar-refractivity contribution is 5.94. The second-order valence-corrected chi connectivity index (χ2v) is 9.18. The van der Waals surface area contributed by atoms with E-state index in [0.717, 1.165) is 11.1 Å². The highest BCUT2D eigenvalue weighted by atomic mass is 16.6. The molecule has 1 aliphatic rings. The molecule has 39 heavy (non-hydrogen) atoms. The van der Waals surface area contributed by atoms with E-state index >= 15 is 0 Å². The Morgan fingerprint density at radius 3 is 2.44 bits per heavy atom. The van der Waals surface area contributed by atoms with Gasteiger partial charge in [-0.2, -0.15) is 0 Å². The number of rotatable bonds is 9. The summed E-state index contributed by atoms with van der Waals surface area (Å²) in [5, 5.41) is 5.71. The lowest BCUT2D eigenvalue weighted by Crippen LogP contribution is -2.39. The van der Waals surface area contributed by atoms with E-state index in [4.69, 9.17) is 15.9 Å². The van der Waals surface area contributed by atoms with Crippen LogP contribution in [0.3, 0.4) is 0 Å². The number of para-hydroxylation sites is 1. The molecule has 1 saturated heterocycles. The molecule has 2 N–H and O–H groups in total. The lowest BCUT2D eigenvalue weighted by atomic mass is 10.0. The van der Waals surface area contributed by atoms with Crippen molar-refractivity contribution in [2.45, 2.75) is 25.4 Å². The Hall–Kier alpha value is -4.61. The zero-order chi connectivity index (χ0) is 27.6. The van der Waals surface area contributed by atoms with Gasteiger partial charge in [-0.25, -0.2) is 4.79 Å². The number of likely N-dealkylation sites (tertiary alicyclic amines) is 1. The summed E-state index contributed by atoms with van der Waals surface area (Å²) in [6.45, 7) is 1.98. The van der Waals surface area contributed by atoms with Gasteiger partial charge in [-0.15, -0.1) is 6.42 Å². The largest absolute Gasteiger partial charge is 0.496 e. The van der Waals surface area contributed by atoms with Crippen molar-refractivity contribution in [1.29, 1.82) is 0 Å². The number of carbonyl (C=O) groups is 3.